The van der Waals surface area contributed by atoms with Crippen molar-refractivity contribution in [1.29, 1.82) is 0 Å². The highest BCUT2D eigenvalue weighted by molar-refractivity contribution is 8.13. The molecule has 0 aliphatic carbocycles. The third kappa shape index (κ3) is 4.83. The molecule has 0 saturated carbocycles. The molecule has 21 heavy (non-hydrogen) atoms. The molecule has 0 heterocycles. The van der Waals surface area contributed by atoms with Crippen LogP contribution in [0.2, 0.25) is 0 Å². The number of nitrogens with one attached hydrogen (secondary N) is 1. The summed E-state index contributed by atoms with van der Waals surface area (Å²) in [6, 6.07) is 18.9. The van der Waals surface area contributed by atoms with Crippen LogP contribution < -0.4 is 5.32 Å². The van der Waals surface area contributed by atoms with Crippen LogP contribution in [0, 0.1) is 0 Å². The molecule has 0 aromatic heterocycles. The van der Waals surface area contributed by atoms with E-state index >= 15 is 0 Å². The van der Waals surface area contributed by atoms with E-state index in [0.717, 1.165) is 10.9 Å². The van der Waals surface area contributed by atoms with Gasteiger partial charge >= 0.3 is 0 Å². The lowest BCUT2D eigenvalue weighted by molar-refractivity contribution is 0.823. The van der Waals surface area contributed by atoms with E-state index in [1.807, 2.05) is 12.3 Å². The van der Waals surface area contributed by atoms with Crippen molar-refractivity contribution >= 4 is 34.4 Å². The molecule has 0 aliphatic heterocycles. The van der Waals surface area contributed by atoms with E-state index in [9.17, 15) is 0 Å². The van der Waals surface area contributed by atoms with Crippen LogP contribution in [-0.2, 0) is 0 Å². The number of aliphatic imine (C=N–C) groups is 1. The Balaban J connectivity index is 2.13. The minimum absolute atomic E-state index is 0.143. The van der Waals surface area contributed by atoms with Crippen molar-refractivity contribution in [2.75, 3.05) is 17.8 Å². The number of nitrogens with zero attached hydrogens (tertiary/aromatic N) is 1. The predicted molar refractivity (Wildman–Crippen MR) is 97.7 cm³/mol. The summed E-state index contributed by atoms with van der Waals surface area (Å²) in [5, 5.41) is 4.34. The maximum atomic E-state index is 4.78. The first kappa shape index (κ1) is 16.0. The first-order valence-electron chi connectivity index (χ1n) is 6.80. The van der Waals surface area contributed by atoms with E-state index in [-0.39, 0.29) is 6.04 Å². The van der Waals surface area contributed by atoms with Gasteiger partial charge in [0.05, 0.1) is 6.04 Å². The Bertz CT molecular complexity index is 597. The normalized spacial score (nSPS) is 13.0. The molecule has 0 spiro atoms. The van der Waals surface area contributed by atoms with Crippen molar-refractivity contribution < 1.29 is 0 Å². The molecular weight excluding hydrogens is 296 g/mol. The number of rotatable bonds is 4. The fourth-order valence-corrected chi connectivity index (χ4v) is 2.89. The third-order valence-corrected chi connectivity index (χ3v) is 4.43. The molecule has 2 rings (SSSR count). The molecule has 0 unspecified atom stereocenters. The molecule has 4 heteroatoms. The summed E-state index contributed by atoms with van der Waals surface area (Å²) in [5.41, 5.74) is 2.30. The van der Waals surface area contributed by atoms with Crippen LogP contribution in [0.4, 0.5) is 5.69 Å². The number of benzene rings is 2. The van der Waals surface area contributed by atoms with E-state index in [2.05, 4.69) is 67.0 Å². The standard InChI is InChI=1S/C17H20N2S2/c1-13(14-8-5-4-6-9-14)18-17(21-3)19-15-10-7-11-16(12-15)20-2/h4-13H,1-3H3,(H,18,19)/t13-/m0/s1. The summed E-state index contributed by atoms with van der Waals surface area (Å²) in [6.45, 7) is 2.12. The van der Waals surface area contributed by atoms with E-state index in [0.29, 0.717) is 0 Å². The van der Waals surface area contributed by atoms with Gasteiger partial charge in [0.2, 0.25) is 0 Å². The van der Waals surface area contributed by atoms with E-state index < -0.39 is 0 Å². The maximum Gasteiger partial charge on any atom is 0.161 e. The molecule has 2 aromatic rings. The van der Waals surface area contributed by atoms with Crippen molar-refractivity contribution in [1.82, 2.24) is 0 Å². The van der Waals surface area contributed by atoms with E-state index in [1.54, 1.807) is 23.5 Å². The minimum atomic E-state index is 0.143. The van der Waals surface area contributed by atoms with Crippen molar-refractivity contribution in [2.45, 2.75) is 17.9 Å². The number of hydrogen-bond acceptors (Lipinski definition) is 3. The quantitative estimate of drug-likeness (QED) is 0.470. The SMILES string of the molecule is CSC(=N[C@@H](C)c1ccccc1)Nc1cccc(SC)c1. The van der Waals surface area contributed by atoms with Gasteiger partial charge in [-0.15, -0.1) is 11.8 Å². The second-order valence-corrected chi connectivity index (χ2v) is 6.26. The largest absolute Gasteiger partial charge is 0.335 e. The van der Waals surface area contributed by atoms with Gasteiger partial charge in [0.1, 0.15) is 0 Å². The second-order valence-electron chi connectivity index (χ2n) is 4.58. The van der Waals surface area contributed by atoms with Gasteiger partial charge in [-0.3, -0.25) is 4.99 Å². The molecule has 0 amide bonds. The summed E-state index contributed by atoms with van der Waals surface area (Å²) in [6.07, 6.45) is 4.13. The van der Waals surface area contributed by atoms with Crippen LogP contribution in [-0.4, -0.2) is 17.7 Å². The van der Waals surface area contributed by atoms with Gasteiger partial charge in [0, 0.05) is 10.6 Å². The summed E-state index contributed by atoms with van der Waals surface area (Å²) in [7, 11) is 0. The lowest BCUT2D eigenvalue weighted by Gasteiger charge is -2.12. The Hall–Kier alpha value is -1.39. The predicted octanol–water partition coefficient (Wildman–Crippen LogP) is 5.30. The molecule has 1 atom stereocenters. The van der Waals surface area contributed by atoms with E-state index in [4.69, 9.17) is 4.99 Å². The Labute approximate surface area is 135 Å². The van der Waals surface area contributed by atoms with Gasteiger partial charge in [-0.05, 0) is 43.2 Å². The zero-order valence-electron chi connectivity index (χ0n) is 12.5. The average molecular weight is 316 g/mol. The van der Waals surface area contributed by atoms with Crippen molar-refractivity contribution in [3.05, 3.63) is 60.2 Å². The second kappa shape index (κ2) is 8.15. The average Bonchev–Trinajstić information content (AvgIpc) is 2.55. The van der Waals surface area contributed by atoms with Crippen LogP contribution in [0.25, 0.3) is 0 Å². The Morgan fingerprint density at radius 3 is 2.48 bits per heavy atom. The fraction of sp³-hybridized carbons (Fsp3) is 0.235. The van der Waals surface area contributed by atoms with Gasteiger partial charge < -0.3 is 5.32 Å². The topological polar surface area (TPSA) is 24.4 Å². The van der Waals surface area contributed by atoms with Crippen LogP contribution >= 0.6 is 23.5 Å². The summed E-state index contributed by atoms with van der Waals surface area (Å²) in [5.74, 6) is 0. The van der Waals surface area contributed by atoms with Gasteiger partial charge in [-0.2, -0.15) is 0 Å². The lowest BCUT2D eigenvalue weighted by atomic mass is 10.1. The zero-order valence-corrected chi connectivity index (χ0v) is 14.2. The van der Waals surface area contributed by atoms with Crippen molar-refractivity contribution in [3.63, 3.8) is 0 Å². The fourth-order valence-electron chi connectivity index (χ4n) is 1.94. The molecule has 2 aromatic carbocycles. The Morgan fingerprint density at radius 1 is 1.05 bits per heavy atom. The van der Waals surface area contributed by atoms with Crippen LogP contribution in [0.1, 0.15) is 18.5 Å². The van der Waals surface area contributed by atoms with Gasteiger partial charge in [-0.1, -0.05) is 48.2 Å². The molecule has 0 aliphatic rings. The van der Waals surface area contributed by atoms with E-state index in [1.165, 1.54) is 10.5 Å². The number of hydrogen-bond donors (Lipinski definition) is 1. The number of anilines is 1. The van der Waals surface area contributed by atoms with Crippen LogP contribution in [0.15, 0.2) is 64.5 Å². The van der Waals surface area contributed by atoms with Gasteiger partial charge in [0.15, 0.2) is 5.17 Å². The van der Waals surface area contributed by atoms with Crippen LogP contribution in [0.5, 0.6) is 0 Å². The zero-order chi connectivity index (χ0) is 15.1. The smallest absolute Gasteiger partial charge is 0.161 e. The molecule has 1 N–H and O–H groups in total. The van der Waals surface area contributed by atoms with Gasteiger partial charge in [0.25, 0.3) is 0 Å². The first-order chi connectivity index (χ1) is 10.2. The molecule has 2 nitrogen and oxygen atoms in total. The number of amidine groups is 1. The van der Waals surface area contributed by atoms with Gasteiger partial charge in [-0.25, -0.2) is 0 Å². The van der Waals surface area contributed by atoms with Crippen LogP contribution in [0.3, 0.4) is 0 Å². The Kier molecular flexibility index (Phi) is 6.21. The van der Waals surface area contributed by atoms with Crippen molar-refractivity contribution in [2.24, 2.45) is 4.99 Å². The Morgan fingerprint density at radius 2 is 1.81 bits per heavy atom. The molecular formula is C17H20N2S2. The molecule has 0 saturated heterocycles. The minimum Gasteiger partial charge on any atom is -0.335 e. The monoisotopic (exact) mass is 316 g/mol. The molecule has 0 fully saturated rings. The van der Waals surface area contributed by atoms with Crippen molar-refractivity contribution in [3.8, 4) is 0 Å². The highest BCUT2D eigenvalue weighted by atomic mass is 32.2. The third-order valence-electron chi connectivity index (χ3n) is 3.11. The number of thioether (sulfide) groups is 2. The maximum absolute atomic E-state index is 4.78. The highest BCUT2D eigenvalue weighted by Gasteiger charge is 2.06. The molecule has 110 valence electrons. The summed E-state index contributed by atoms with van der Waals surface area (Å²) >= 11 is 3.38. The summed E-state index contributed by atoms with van der Waals surface area (Å²) < 4.78 is 0. The molecule has 0 bridgehead atoms. The lowest BCUT2D eigenvalue weighted by Crippen LogP contribution is -2.09. The first-order valence-corrected chi connectivity index (χ1v) is 9.25. The highest BCUT2D eigenvalue weighted by Crippen LogP contribution is 2.22. The molecule has 0 radical (unpaired) electrons. The summed E-state index contributed by atoms with van der Waals surface area (Å²) in [4.78, 5) is 6.02.